The van der Waals surface area contributed by atoms with Gasteiger partial charge in [0, 0.05) is 18.9 Å². The zero-order valence-electron chi connectivity index (χ0n) is 13.0. The summed E-state index contributed by atoms with van der Waals surface area (Å²) in [4.78, 5) is 8.34. The second-order valence-electron chi connectivity index (χ2n) is 5.05. The second-order valence-corrected chi connectivity index (χ2v) is 5.05. The predicted octanol–water partition coefficient (Wildman–Crippen LogP) is 2.42. The monoisotopic (exact) mass is 303 g/mol. The number of ether oxygens (including phenoxy) is 2. The first-order chi connectivity index (χ1) is 10.6. The number of methoxy groups -OCH3 is 1. The van der Waals surface area contributed by atoms with Gasteiger partial charge in [-0.1, -0.05) is 12.1 Å². The van der Waals surface area contributed by atoms with Crippen LogP contribution in [0.3, 0.4) is 0 Å². The summed E-state index contributed by atoms with van der Waals surface area (Å²) < 4.78 is 10.7. The maximum Gasteiger partial charge on any atom is 0.257 e. The number of benzene rings is 1. The summed E-state index contributed by atoms with van der Waals surface area (Å²) in [5, 5.41) is 13.3. The third-order valence-electron chi connectivity index (χ3n) is 2.98. The quantitative estimate of drug-likeness (QED) is 0.818. The molecular weight excluding hydrogens is 282 g/mol. The van der Waals surface area contributed by atoms with E-state index in [1.807, 2.05) is 38.1 Å². The van der Waals surface area contributed by atoms with Crippen LogP contribution in [-0.4, -0.2) is 34.8 Å². The Labute approximate surface area is 130 Å². The highest BCUT2D eigenvalue weighted by atomic mass is 16.5. The van der Waals surface area contributed by atoms with Gasteiger partial charge in [0.05, 0.1) is 19.3 Å². The largest absolute Gasteiger partial charge is 0.497 e. The zero-order chi connectivity index (χ0) is 15.9. The van der Waals surface area contributed by atoms with Gasteiger partial charge in [-0.05, 0) is 31.5 Å². The summed E-state index contributed by atoms with van der Waals surface area (Å²) in [5.41, 5.74) is 0.795. The molecule has 0 aliphatic rings. The summed E-state index contributed by atoms with van der Waals surface area (Å²) in [6.07, 6.45) is 2.49. The van der Waals surface area contributed by atoms with E-state index in [-0.39, 0.29) is 6.10 Å². The fraction of sp³-hybridized carbons (Fsp3) is 0.375. The Morgan fingerprint density at radius 2 is 1.82 bits per heavy atom. The number of aromatic nitrogens is 2. The van der Waals surface area contributed by atoms with Crippen LogP contribution in [0.2, 0.25) is 0 Å². The van der Waals surface area contributed by atoms with Crippen LogP contribution < -0.4 is 14.8 Å². The van der Waals surface area contributed by atoms with Gasteiger partial charge in [0.15, 0.2) is 5.82 Å². The minimum absolute atomic E-state index is 0.00348. The van der Waals surface area contributed by atoms with E-state index in [1.165, 1.54) is 0 Å². The van der Waals surface area contributed by atoms with Crippen LogP contribution in [0.5, 0.6) is 11.6 Å². The van der Waals surface area contributed by atoms with Crippen molar-refractivity contribution in [2.24, 2.45) is 0 Å². The maximum absolute atomic E-state index is 10.2. The molecule has 118 valence electrons. The average molecular weight is 303 g/mol. The summed E-state index contributed by atoms with van der Waals surface area (Å²) in [6.45, 7) is 4.15. The van der Waals surface area contributed by atoms with E-state index >= 15 is 0 Å². The summed E-state index contributed by atoms with van der Waals surface area (Å²) in [6, 6.07) is 7.28. The Hall–Kier alpha value is -2.34. The molecule has 1 atom stereocenters. The van der Waals surface area contributed by atoms with Crippen molar-refractivity contribution in [3.05, 3.63) is 42.2 Å². The Kier molecular flexibility index (Phi) is 5.55. The average Bonchev–Trinajstić information content (AvgIpc) is 2.53. The molecule has 0 radical (unpaired) electrons. The lowest BCUT2D eigenvalue weighted by atomic mass is 10.1. The van der Waals surface area contributed by atoms with Gasteiger partial charge in [0.25, 0.3) is 5.88 Å². The number of aliphatic hydroxyl groups is 1. The summed E-state index contributed by atoms with van der Waals surface area (Å²) in [7, 11) is 1.61. The van der Waals surface area contributed by atoms with Crippen LogP contribution in [0.1, 0.15) is 25.5 Å². The highest BCUT2D eigenvalue weighted by Gasteiger charge is 2.12. The van der Waals surface area contributed by atoms with E-state index in [9.17, 15) is 5.11 Å². The molecule has 0 fully saturated rings. The van der Waals surface area contributed by atoms with Crippen molar-refractivity contribution >= 4 is 5.82 Å². The topological polar surface area (TPSA) is 76.5 Å². The molecule has 0 saturated carbocycles. The minimum atomic E-state index is -0.667. The van der Waals surface area contributed by atoms with Crippen LogP contribution in [0.25, 0.3) is 0 Å². The molecule has 0 saturated heterocycles. The van der Waals surface area contributed by atoms with E-state index in [1.54, 1.807) is 19.5 Å². The number of hydrogen-bond acceptors (Lipinski definition) is 6. The SMILES string of the molecule is COc1ccc(C(O)CNc2nccnc2OC(C)C)cc1. The van der Waals surface area contributed by atoms with Crippen molar-refractivity contribution in [2.45, 2.75) is 26.1 Å². The lowest BCUT2D eigenvalue weighted by Crippen LogP contribution is -2.15. The smallest absolute Gasteiger partial charge is 0.257 e. The molecule has 0 spiro atoms. The molecule has 22 heavy (non-hydrogen) atoms. The summed E-state index contributed by atoms with van der Waals surface area (Å²) >= 11 is 0. The van der Waals surface area contributed by atoms with E-state index in [0.717, 1.165) is 11.3 Å². The third kappa shape index (κ3) is 4.33. The first-order valence-electron chi connectivity index (χ1n) is 7.13. The molecule has 2 N–H and O–H groups in total. The molecule has 6 nitrogen and oxygen atoms in total. The van der Waals surface area contributed by atoms with Crippen molar-refractivity contribution in [1.29, 1.82) is 0 Å². The van der Waals surface area contributed by atoms with Gasteiger partial charge in [-0.25, -0.2) is 9.97 Å². The lowest BCUT2D eigenvalue weighted by Gasteiger charge is -2.16. The molecule has 0 aliphatic heterocycles. The first kappa shape index (κ1) is 16.0. The van der Waals surface area contributed by atoms with Crippen LogP contribution in [0.4, 0.5) is 5.82 Å². The number of aliphatic hydroxyl groups excluding tert-OH is 1. The normalized spacial score (nSPS) is 12.0. The van der Waals surface area contributed by atoms with Gasteiger partial charge in [0.2, 0.25) is 0 Å². The fourth-order valence-corrected chi connectivity index (χ4v) is 1.89. The van der Waals surface area contributed by atoms with E-state index in [0.29, 0.717) is 18.2 Å². The van der Waals surface area contributed by atoms with Crippen LogP contribution in [0, 0.1) is 0 Å². The molecule has 1 heterocycles. The molecule has 6 heteroatoms. The fourth-order valence-electron chi connectivity index (χ4n) is 1.89. The summed E-state index contributed by atoms with van der Waals surface area (Å²) in [5.74, 6) is 1.70. The van der Waals surface area contributed by atoms with Crippen LogP contribution >= 0.6 is 0 Å². The highest BCUT2D eigenvalue weighted by Crippen LogP contribution is 2.21. The Morgan fingerprint density at radius 1 is 1.14 bits per heavy atom. The molecule has 1 aromatic carbocycles. The minimum Gasteiger partial charge on any atom is -0.497 e. The van der Waals surface area contributed by atoms with Crippen LogP contribution in [-0.2, 0) is 0 Å². The van der Waals surface area contributed by atoms with E-state index in [4.69, 9.17) is 9.47 Å². The standard InChI is InChI=1S/C16H21N3O3/c1-11(2)22-16-15(17-8-9-18-16)19-10-14(20)12-4-6-13(21-3)7-5-12/h4-9,11,14,20H,10H2,1-3H3,(H,17,19). The van der Waals surface area contributed by atoms with Crippen molar-refractivity contribution in [3.63, 3.8) is 0 Å². The van der Waals surface area contributed by atoms with E-state index < -0.39 is 6.10 Å². The van der Waals surface area contributed by atoms with Gasteiger partial charge >= 0.3 is 0 Å². The number of nitrogens with one attached hydrogen (secondary N) is 1. The Bertz CT molecular complexity index is 587. The van der Waals surface area contributed by atoms with E-state index in [2.05, 4.69) is 15.3 Å². The van der Waals surface area contributed by atoms with Gasteiger partial charge in [-0.3, -0.25) is 0 Å². The number of rotatable bonds is 7. The predicted molar refractivity (Wildman–Crippen MR) is 84.2 cm³/mol. The van der Waals surface area contributed by atoms with Gasteiger partial charge < -0.3 is 19.9 Å². The molecule has 2 aromatic rings. The second kappa shape index (κ2) is 7.61. The van der Waals surface area contributed by atoms with Gasteiger partial charge in [0.1, 0.15) is 5.75 Å². The molecular formula is C16H21N3O3. The highest BCUT2D eigenvalue weighted by molar-refractivity contribution is 5.45. The number of anilines is 1. The third-order valence-corrected chi connectivity index (χ3v) is 2.98. The molecule has 0 aliphatic carbocycles. The van der Waals surface area contributed by atoms with Crippen LogP contribution in [0.15, 0.2) is 36.7 Å². The first-order valence-corrected chi connectivity index (χ1v) is 7.13. The van der Waals surface area contributed by atoms with Crippen molar-refractivity contribution in [1.82, 2.24) is 9.97 Å². The van der Waals surface area contributed by atoms with Gasteiger partial charge in [-0.2, -0.15) is 0 Å². The Balaban J connectivity index is 1.99. The molecule has 1 aromatic heterocycles. The van der Waals surface area contributed by atoms with Crippen molar-refractivity contribution in [2.75, 3.05) is 19.0 Å². The molecule has 0 amide bonds. The molecule has 2 rings (SSSR count). The number of nitrogens with zero attached hydrogens (tertiary/aromatic N) is 2. The lowest BCUT2D eigenvalue weighted by molar-refractivity contribution is 0.191. The Morgan fingerprint density at radius 3 is 2.45 bits per heavy atom. The number of hydrogen-bond donors (Lipinski definition) is 2. The molecule has 0 bridgehead atoms. The van der Waals surface area contributed by atoms with Crippen molar-refractivity contribution in [3.8, 4) is 11.6 Å². The zero-order valence-corrected chi connectivity index (χ0v) is 13.0. The van der Waals surface area contributed by atoms with Crippen molar-refractivity contribution < 1.29 is 14.6 Å². The maximum atomic E-state index is 10.2. The van der Waals surface area contributed by atoms with Gasteiger partial charge in [-0.15, -0.1) is 0 Å². The molecule has 1 unspecified atom stereocenters.